The number of benzene rings is 2. The van der Waals surface area contributed by atoms with Crippen molar-refractivity contribution in [3.63, 3.8) is 0 Å². The van der Waals surface area contributed by atoms with Gasteiger partial charge in [-0.2, -0.15) is 5.26 Å². The molecule has 2 N–H and O–H groups in total. The first-order chi connectivity index (χ1) is 12.5. The summed E-state index contributed by atoms with van der Waals surface area (Å²) in [6, 6.07) is 13.5. The minimum Gasteiger partial charge on any atom is -0.389 e. The monoisotopic (exact) mass is 354 g/mol. The number of amides is 1. The maximum absolute atomic E-state index is 13.5. The first-order valence-corrected chi connectivity index (χ1v) is 7.64. The van der Waals surface area contributed by atoms with Crippen LogP contribution in [0.4, 0.5) is 15.8 Å². The zero-order valence-corrected chi connectivity index (χ0v) is 13.6. The van der Waals surface area contributed by atoms with Crippen LogP contribution in [-0.2, 0) is 11.2 Å². The van der Waals surface area contributed by atoms with E-state index in [-0.39, 0.29) is 22.8 Å². The molecule has 2 aromatic rings. The summed E-state index contributed by atoms with van der Waals surface area (Å²) in [6.45, 7) is 0.330. The Kier molecular flexibility index (Phi) is 6.40. The average Bonchev–Trinajstić information content (AvgIpc) is 2.63. The molecule has 2 rings (SSSR count). The first-order valence-electron chi connectivity index (χ1n) is 7.64. The Labute approximate surface area is 148 Å². The van der Waals surface area contributed by atoms with Crippen LogP contribution in [0.25, 0.3) is 0 Å². The van der Waals surface area contributed by atoms with Gasteiger partial charge < -0.3 is 10.6 Å². The van der Waals surface area contributed by atoms with Crippen LogP contribution in [0.2, 0.25) is 0 Å². The van der Waals surface area contributed by atoms with E-state index in [1.54, 1.807) is 24.3 Å². The van der Waals surface area contributed by atoms with Crippen LogP contribution in [0.1, 0.15) is 5.56 Å². The molecule has 7 nitrogen and oxygen atoms in total. The van der Waals surface area contributed by atoms with E-state index in [9.17, 15) is 19.3 Å². The molecule has 0 aromatic heterocycles. The average molecular weight is 354 g/mol. The van der Waals surface area contributed by atoms with E-state index in [0.29, 0.717) is 18.5 Å². The zero-order valence-electron chi connectivity index (χ0n) is 13.6. The van der Waals surface area contributed by atoms with Gasteiger partial charge in [0, 0.05) is 30.6 Å². The van der Waals surface area contributed by atoms with Gasteiger partial charge in [-0.15, -0.1) is 0 Å². The van der Waals surface area contributed by atoms with Crippen LogP contribution in [0.15, 0.2) is 60.3 Å². The van der Waals surface area contributed by atoms with Gasteiger partial charge in [0.25, 0.3) is 11.6 Å². The maximum Gasteiger partial charge on any atom is 0.271 e. The number of carbonyl (C=O) groups is 1. The van der Waals surface area contributed by atoms with Crippen molar-refractivity contribution in [2.45, 2.75) is 6.42 Å². The zero-order chi connectivity index (χ0) is 18.9. The summed E-state index contributed by atoms with van der Waals surface area (Å²) in [5, 5.41) is 25.0. The number of carbonyl (C=O) groups excluding carboxylic acids is 1. The van der Waals surface area contributed by atoms with Gasteiger partial charge in [-0.05, 0) is 24.1 Å². The van der Waals surface area contributed by atoms with Crippen LogP contribution < -0.4 is 10.6 Å². The van der Waals surface area contributed by atoms with E-state index >= 15 is 0 Å². The van der Waals surface area contributed by atoms with Crippen LogP contribution in [0.5, 0.6) is 0 Å². The lowest BCUT2D eigenvalue weighted by Gasteiger charge is -2.06. The lowest BCUT2D eigenvalue weighted by Crippen LogP contribution is -2.18. The van der Waals surface area contributed by atoms with Gasteiger partial charge in [0.1, 0.15) is 17.5 Å². The summed E-state index contributed by atoms with van der Waals surface area (Å²) in [5.74, 6) is -1.02. The quantitative estimate of drug-likeness (QED) is 0.261. The predicted molar refractivity (Wildman–Crippen MR) is 93.5 cm³/mol. The highest BCUT2D eigenvalue weighted by Gasteiger charge is 2.12. The second-order valence-corrected chi connectivity index (χ2v) is 5.23. The second-order valence-electron chi connectivity index (χ2n) is 5.23. The molecule has 132 valence electrons. The van der Waals surface area contributed by atoms with Crippen molar-refractivity contribution in [1.29, 1.82) is 5.26 Å². The van der Waals surface area contributed by atoms with Gasteiger partial charge >= 0.3 is 0 Å². The fourth-order valence-electron chi connectivity index (χ4n) is 2.13. The van der Waals surface area contributed by atoms with Crippen molar-refractivity contribution < 1.29 is 14.1 Å². The number of anilines is 1. The number of nitrogens with zero attached hydrogens (tertiary/aromatic N) is 2. The molecule has 0 atom stereocenters. The third kappa shape index (κ3) is 5.14. The Balaban J connectivity index is 1.94. The smallest absolute Gasteiger partial charge is 0.271 e. The lowest BCUT2D eigenvalue weighted by molar-refractivity contribution is -0.384. The molecule has 0 radical (unpaired) electrons. The molecule has 0 spiro atoms. The highest BCUT2D eigenvalue weighted by Crippen LogP contribution is 2.17. The molecule has 0 aliphatic heterocycles. The molecule has 0 aliphatic rings. The molecule has 1 amide bonds. The van der Waals surface area contributed by atoms with Crippen molar-refractivity contribution >= 4 is 17.3 Å². The number of hydrogen-bond acceptors (Lipinski definition) is 5. The molecular weight excluding hydrogens is 339 g/mol. The molecular formula is C18H15FN4O3. The Morgan fingerprint density at radius 1 is 1.27 bits per heavy atom. The molecule has 0 aliphatic carbocycles. The summed E-state index contributed by atoms with van der Waals surface area (Å²) >= 11 is 0. The molecule has 0 bridgehead atoms. The van der Waals surface area contributed by atoms with Crippen LogP contribution in [0.3, 0.4) is 0 Å². The fraction of sp³-hybridized carbons (Fsp3) is 0.111. The summed E-state index contributed by atoms with van der Waals surface area (Å²) in [4.78, 5) is 22.2. The van der Waals surface area contributed by atoms with Crippen molar-refractivity contribution in [3.8, 4) is 6.07 Å². The number of halogens is 1. The Bertz CT molecular complexity index is 890. The standard InChI is InChI=1S/C18H15FN4O3/c19-17-7-2-1-4-13(17)8-9-21-12-14(11-20)18(24)22-15-5-3-6-16(10-15)23(25)26/h1-7,10,12,21H,8-9H2,(H,22,24)/b14-12-. The highest BCUT2D eigenvalue weighted by molar-refractivity contribution is 6.06. The van der Waals surface area contributed by atoms with E-state index in [0.717, 1.165) is 0 Å². The molecule has 0 fully saturated rings. The molecule has 0 saturated carbocycles. The Morgan fingerprint density at radius 3 is 2.73 bits per heavy atom. The lowest BCUT2D eigenvalue weighted by atomic mass is 10.1. The van der Waals surface area contributed by atoms with Gasteiger partial charge in [0.2, 0.25) is 0 Å². The molecule has 0 saturated heterocycles. The van der Waals surface area contributed by atoms with Crippen LogP contribution >= 0.6 is 0 Å². The summed E-state index contributed by atoms with van der Waals surface area (Å²) in [5.41, 5.74) is 0.350. The molecule has 0 unspecified atom stereocenters. The van der Waals surface area contributed by atoms with Gasteiger partial charge in [-0.1, -0.05) is 24.3 Å². The number of nitro benzene ring substituents is 1. The predicted octanol–water partition coefficient (Wildman–Crippen LogP) is 2.91. The number of hydrogen-bond donors (Lipinski definition) is 2. The number of non-ortho nitro benzene ring substituents is 1. The fourth-order valence-corrected chi connectivity index (χ4v) is 2.13. The van der Waals surface area contributed by atoms with Crippen molar-refractivity contribution in [1.82, 2.24) is 5.32 Å². The highest BCUT2D eigenvalue weighted by atomic mass is 19.1. The third-order valence-electron chi connectivity index (χ3n) is 3.42. The van der Waals surface area contributed by atoms with Crippen LogP contribution in [-0.4, -0.2) is 17.4 Å². The van der Waals surface area contributed by atoms with E-state index in [1.165, 1.54) is 36.5 Å². The Morgan fingerprint density at radius 2 is 2.04 bits per heavy atom. The minimum absolute atomic E-state index is 0.173. The van der Waals surface area contributed by atoms with Crippen molar-refractivity contribution in [2.24, 2.45) is 0 Å². The SMILES string of the molecule is N#C/C(=C/NCCc1ccccc1F)C(=O)Nc1cccc([N+](=O)[O-])c1. The van der Waals surface area contributed by atoms with E-state index in [1.807, 2.05) is 0 Å². The summed E-state index contributed by atoms with van der Waals surface area (Å²) < 4.78 is 13.5. The first kappa shape index (κ1) is 18.6. The second kappa shape index (κ2) is 8.94. The van der Waals surface area contributed by atoms with Gasteiger partial charge in [0.05, 0.1) is 4.92 Å². The largest absolute Gasteiger partial charge is 0.389 e. The number of nitriles is 1. The molecule has 2 aromatic carbocycles. The maximum atomic E-state index is 13.5. The molecule has 0 heterocycles. The minimum atomic E-state index is -0.702. The third-order valence-corrected chi connectivity index (χ3v) is 3.42. The van der Waals surface area contributed by atoms with E-state index in [4.69, 9.17) is 5.26 Å². The number of nitrogens with one attached hydrogen (secondary N) is 2. The normalized spacial score (nSPS) is 10.7. The Hall–Kier alpha value is -3.73. The van der Waals surface area contributed by atoms with Gasteiger partial charge in [-0.25, -0.2) is 4.39 Å². The summed E-state index contributed by atoms with van der Waals surface area (Å²) in [7, 11) is 0. The van der Waals surface area contributed by atoms with Crippen molar-refractivity contribution in [3.05, 3.63) is 81.8 Å². The number of nitro groups is 1. The van der Waals surface area contributed by atoms with E-state index < -0.39 is 10.8 Å². The molecule has 8 heteroatoms. The topological polar surface area (TPSA) is 108 Å². The van der Waals surface area contributed by atoms with E-state index in [2.05, 4.69) is 10.6 Å². The number of rotatable bonds is 7. The van der Waals surface area contributed by atoms with Gasteiger partial charge in [0.15, 0.2) is 0 Å². The van der Waals surface area contributed by atoms with Crippen LogP contribution in [0, 0.1) is 27.3 Å². The summed E-state index contributed by atoms with van der Waals surface area (Å²) in [6.07, 6.45) is 1.61. The van der Waals surface area contributed by atoms with Gasteiger partial charge in [-0.3, -0.25) is 14.9 Å². The molecule has 26 heavy (non-hydrogen) atoms. The van der Waals surface area contributed by atoms with Crippen molar-refractivity contribution in [2.75, 3.05) is 11.9 Å².